The molecule has 2 heterocycles. The molecule has 1 aliphatic rings. The molecule has 9 heteroatoms. The van der Waals surface area contributed by atoms with Crippen LogP contribution >= 0.6 is 11.3 Å². The van der Waals surface area contributed by atoms with Crippen LogP contribution < -0.4 is 18.9 Å². The Morgan fingerprint density at radius 1 is 1.07 bits per heavy atom. The smallest absolute Gasteiger partial charge is 0.478 e. The van der Waals surface area contributed by atoms with E-state index in [1.807, 2.05) is 11.4 Å². The van der Waals surface area contributed by atoms with Crippen LogP contribution in [0.25, 0.3) is 11.1 Å². The van der Waals surface area contributed by atoms with Crippen LogP contribution in [0.15, 0.2) is 47.8 Å². The number of hydrogen-bond acceptors (Lipinski definition) is 6. The topological polar surface area (TPSA) is 60.7 Å². The molecule has 0 bridgehead atoms. The first-order valence-electron chi connectivity index (χ1n) is 8.32. The minimum Gasteiger partial charge on any atom is -0.478 e. The van der Waals surface area contributed by atoms with Crippen molar-refractivity contribution in [1.29, 1.82) is 5.26 Å². The predicted molar refractivity (Wildman–Crippen MR) is 98.1 cm³/mol. The minimum absolute atomic E-state index is 0.0993. The number of nitrogens with zero attached hydrogens (tertiary/aromatic N) is 1. The molecule has 4 rings (SSSR count). The molecule has 0 atom stereocenters. The molecule has 0 fully saturated rings. The maximum absolute atomic E-state index is 12.2. The molecule has 3 aromatic rings. The molecule has 2 aromatic carbocycles. The lowest BCUT2D eigenvalue weighted by molar-refractivity contribution is -0.274. The standard InChI is InChI=1S/C20H12F3NO4S/c21-20(22,23)28-14-4-1-12(2-5-14)9-25-19-15(8-24)16(10-29-19)13-3-6-17-18(7-13)27-11-26-17/h1-7,10H,9,11H2. The first-order chi connectivity index (χ1) is 13.9. The van der Waals surface area contributed by atoms with Gasteiger partial charge in [0.05, 0.1) is 0 Å². The highest BCUT2D eigenvalue weighted by Gasteiger charge is 2.31. The van der Waals surface area contributed by atoms with Crippen molar-refractivity contribution in [2.45, 2.75) is 13.0 Å². The lowest BCUT2D eigenvalue weighted by Gasteiger charge is -2.09. The van der Waals surface area contributed by atoms with E-state index in [0.29, 0.717) is 33.3 Å². The average Bonchev–Trinajstić information content (AvgIpc) is 3.32. The summed E-state index contributed by atoms with van der Waals surface area (Å²) in [5.74, 6) is 0.957. The van der Waals surface area contributed by atoms with Gasteiger partial charge in [0.25, 0.3) is 0 Å². The quantitative estimate of drug-likeness (QED) is 0.547. The lowest BCUT2D eigenvalue weighted by Crippen LogP contribution is -2.17. The molecule has 0 saturated heterocycles. The normalized spacial score (nSPS) is 12.5. The summed E-state index contributed by atoms with van der Waals surface area (Å²) in [6, 6.07) is 12.9. The van der Waals surface area contributed by atoms with Crippen molar-refractivity contribution in [1.82, 2.24) is 0 Å². The van der Waals surface area contributed by atoms with E-state index in [-0.39, 0.29) is 19.1 Å². The van der Waals surface area contributed by atoms with Gasteiger partial charge in [-0.2, -0.15) is 5.26 Å². The Balaban J connectivity index is 1.48. The van der Waals surface area contributed by atoms with Gasteiger partial charge in [-0.05, 0) is 35.4 Å². The second-order valence-electron chi connectivity index (χ2n) is 5.97. The average molecular weight is 419 g/mol. The number of thiophene rings is 1. The van der Waals surface area contributed by atoms with Crippen LogP contribution in [-0.2, 0) is 6.61 Å². The molecule has 0 unspecified atom stereocenters. The lowest BCUT2D eigenvalue weighted by atomic mass is 10.0. The molecule has 5 nitrogen and oxygen atoms in total. The van der Waals surface area contributed by atoms with Gasteiger partial charge in [0.15, 0.2) is 16.6 Å². The number of rotatable bonds is 5. The summed E-state index contributed by atoms with van der Waals surface area (Å²) in [6.07, 6.45) is -4.73. The predicted octanol–water partition coefficient (Wildman–Crippen LogP) is 5.49. The fourth-order valence-corrected chi connectivity index (χ4v) is 3.64. The maximum atomic E-state index is 12.2. The minimum atomic E-state index is -4.73. The maximum Gasteiger partial charge on any atom is 0.573 e. The van der Waals surface area contributed by atoms with Crippen LogP contribution in [0.1, 0.15) is 11.1 Å². The third kappa shape index (κ3) is 4.22. The van der Waals surface area contributed by atoms with Crippen molar-refractivity contribution < 1.29 is 32.1 Å². The van der Waals surface area contributed by atoms with Crippen molar-refractivity contribution in [3.05, 3.63) is 59.0 Å². The van der Waals surface area contributed by atoms with Crippen LogP contribution in [0.3, 0.4) is 0 Å². The van der Waals surface area contributed by atoms with Crippen LogP contribution in [0.2, 0.25) is 0 Å². The fraction of sp³-hybridized carbons (Fsp3) is 0.150. The third-order valence-electron chi connectivity index (χ3n) is 4.08. The number of benzene rings is 2. The molecule has 0 saturated carbocycles. The van der Waals surface area contributed by atoms with E-state index >= 15 is 0 Å². The summed E-state index contributed by atoms with van der Waals surface area (Å²) >= 11 is 1.27. The molecular weight excluding hydrogens is 407 g/mol. The Bertz CT molecular complexity index is 1070. The first kappa shape index (κ1) is 19.0. The van der Waals surface area contributed by atoms with Crippen LogP contribution in [0, 0.1) is 11.3 Å². The Hall–Kier alpha value is -3.38. The first-order valence-corrected chi connectivity index (χ1v) is 9.20. The zero-order valence-electron chi connectivity index (χ0n) is 14.7. The number of halogens is 3. The second-order valence-corrected chi connectivity index (χ2v) is 6.81. The van der Waals surface area contributed by atoms with Gasteiger partial charge in [-0.1, -0.05) is 18.2 Å². The van der Waals surface area contributed by atoms with Gasteiger partial charge in [-0.25, -0.2) is 0 Å². The molecule has 0 aliphatic carbocycles. The van der Waals surface area contributed by atoms with Gasteiger partial charge in [-0.15, -0.1) is 24.5 Å². The SMILES string of the molecule is N#Cc1c(-c2ccc3c(c2)OCO3)csc1OCc1ccc(OC(F)(F)F)cc1. The number of alkyl halides is 3. The van der Waals surface area contributed by atoms with Gasteiger partial charge in [-0.3, -0.25) is 0 Å². The Labute approximate surface area is 167 Å². The van der Waals surface area contributed by atoms with E-state index in [1.54, 1.807) is 12.1 Å². The molecule has 1 aliphatic heterocycles. The largest absolute Gasteiger partial charge is 0.573 e. The van der Waals surface area contributed by atoms with E-state index in [2.05, 4.69) is 10.8 Å². The third-order valence-corrected chi connectivity index (χ3v) is 4.97. The van der Waals surface area contributed by atoms with Crippen LogP contribution in [0.4, 0.5) is 13.2 Å². The molecule has 0 N–H and O–H groups in total. The Kier molecular flexibility index (Phi) is 4.94. The second kappa shape index (κ2) is 7.56. The highest BCUT2D eigenvalue weighted by Crippen LogP contribution is 2.41. The highest BCUT2D eigenvalue weighted by atomic mass is 32.1. The van der Waals surface area contributed by atoms with Crippen molar-refractivity contribution >= 4 is 11.3 Å². The van der Waals surface area contributed by atoms with E-state index in [9.17, 15) is 18.4 Å². The zero-order valence-corrected chi connectivity index (χ0v) is 15.5. The Morgan fingerprint density at radius 3 is 2.55 bits per heavy atom. The molecule has 29 heavy (non-hydrogen) atoms. The molecule has 0 spiro atoms. The summed E-state index contributed by atoms with van der Waals surface area (Å²) in [5.41, 5.74) is 2.53. The molecule has 148 valence electrons. The van der Waals surface area contributed by atoms with Crippen molar-refractivity contribution in [3.8, 4) is 39.5 Å². The number of ether oxygens (including phenoxy) is 4. The number of nitriles is 1. The van der Waals surface area contributed by atoms with Crippen LogP contribution in [-0.4, -0.2) is 13.2 Å². The van der Waals surface area contributed by atoms with E-state index in [0.717, 1.165) is 5.56 Å². The van der Waals surface area contributed by atoms with Crippen molar-refractivity contribution in [2.75, 3.05) is 6.79 Å². The number of fused-ring (bicyclic) bond motifs is 1. The Morgan fingerprint density at radius 2 is 1.83 bits per heavy atom. The summed E-state index contributed by atoms with van der Waals surface area (Å²) in [4.78, 5) is 0. The van der Waals surface area contributed by atoms with Gasteiger partial charge in [0, 0.05) is 10.9 Å². The summed E-state index contributed by atoms with van der Waals surface area (Å²) in [6.45, 7) is 0.261. The van der Waals surface area contributed by atoms with Crippen molar-refractivity contribution in [2.24, 2.45) is 0 Å². The van der Waals surface area contributed by atoms with Crippen LogP contribution in [0.5, 0.6) is 22.3 Å². The summed E-state index contributed by atoms with van der Waals surface area (Å²) in [5, 5.41) is 11.8. The summed E-state index contributed by atoms with van der Waals surface area (Å²) in [7, 11) is 0. The molecule has 0 amide bonds. The van der Waals surface area contributed by atoms with E-state index in [4.69, 9.17) is 14.2 Å². The van der Waals surface area contributed by atoms with Gasteiger partial charge < -0.3 is 18.9 Å². The zero-order chi connectivity index (χ0) is 20.4. The van der Waals surface area contributed by atoms with Gasteiger partial charge >= 0.3 is 6.36 Å². The number of hydrogen-bond donors (Lipinski definition) is 0. The van der Waals surface area contributed by atoms with Crippen molar-refractivity contribution in [3.63, 3.8) is 0 Å². The summed E-state index contributed by atoms with van der Waals surface area (Å²) < 4.78 is 56.9. The molecular formula is C20H12F3NO4S. The van der Waals surface area contributed by atoms with E-state index < -0.39 is 6.36 Å². The van der Waals surface area contributed by atoms with Gasteiger partial charge in [0.1, 0.15) is 24.0 Å². The molecule has 1 aromatic heterocycles. The fourth-order valence-electron chi connectivity index (χ4n) is 2.76. The monoisotopic (exact) mass is 419 g/mol. The molecule has 0 radical (unpaired) electrons. The van der Waals surface area contributed by atoms with Gasteiger partial charge in [0.2, 0.25) is 6.79 Å². The highest BCUT2D eigenvalue weighted by molar-refractivity contribution is 7.12. The van der Waals surface area contributed by atoms with E-state index in [1.165, 1.54) is 35.6 Å².